The van der Waals surface area contributed by atoms with E-state index in [1.54, 1.807) is 63.2 Å². The van der Waals surface area contributed by atoms with Crippen molar-refractivity contribution in [3.63, 3.8) is 0 Å². The first-order valence-corrected chi connectivity index (χ1v) is 22.4. The SMILES string of the molecule is CC[C@H](C)[C@H](NC(=O)[C@@H]1CCCN1C(=O)[C@@H]1CCCN1C(=O)CN)C(=O)N[C@H](C(=O)N1CCC[C@H]1C(=O)N[C@@H](Cc1ccc(O)cc1)C(=O)N[C@@H](Cc1ccccc1)C(=O)O)C(C)C. The molecule has 64 heavy (non-hydrogen) atoms. The number of carboxylic acids is 1. The summed E-state index contributed by atoms with van der Waals surface area (Å²) in [4.78, 5) is 113. The summed E-state index contributed by atoms with van der Waals surface area (Å²) in [5, 5.41) is 30.9. The monoisotopic (exact) mass is 888 g/mol. The van der Waals surface area contributed by atoms with E-state index < -0.39 is 83.7 Å². The smallest absolute Gasteiger partial charge is 0.326 e. The number of benzene rings is 2. The molecular formula is C46H64N8O10. The molecule has 18 heteroatoms. The minimum absolute atomic E-state index is 0.00554. The van der Waals surface area contributed by atoms with Crippen LogP contribution in [0, 0.1) is 11.8 Å². The van der Waals surface area contributed by atoms with Gasteiger partial charge in [-0.1, -0.05) is 76.6 Å². The maximum atomic E-state index is 14.4. The van der Waals surface area contributed by atoms with E-state index in [9.17, 15) is 48.6 Å². The summed E-state index contributed by atoms with van der Waals surface area (Å²) in [6.07, 6.45) is 3.21. The molecule has 0 saturated carbocycles. The third kappa shape index (κ3) is 12.1. The minimum atomic E-state index is -1.31. The van der Waals surface area contributed by atoms with Crippen LogP contribution in [0.25, 0.3) is 0 Å². The van der Waals surface area contributed by atoms with Gasteiger partial charge in [-0.2, -0.15) is 0 Å². The van der Waals surface area contributed by atoms with Crippen LogP contribution in [0.15, 0.2) is 54.6 Å². The number of rotatable bonds is 19. The van der Waals surface area contributed by atoms with Crippen molar-refractivity contribution in [2.75, 3.05) is 26.2 Å². The van der Waals surface area contributed by atoms with Crippen molar-refractivity contribution in [2.45, 2.75) is 128 Å². The molecule has 8 atom stereocenters. The Bertz CT molecular complexity index is 2000. The molecule has 0 bridgehead atoms. The fourth-order valence-corrected chi connectivity index (χ4v) is 8.79. The van der Waals surface area contributed by atoms with E-state index in [2.05, 4.69) is 21.3 Å². The summed E-state index contributed by atoms with van der Waals surface area (Å²) in [6.45, 7) is 7.87. The molecule has 0 unspecified atom stereocenters. The maximum Gasteiger partial charge on any atom is 0.326 e. The average Bonchev–Trinajstić information content (AvgIpc) is 4.09. The van der Waals surface area contributed by atoms with Crippen LogP contribution in [0.2, 0.25) is 0 Å². The topological polar surface area (TPSA) is 261 Å². The van der Waals surface area contributed by atoms with Crippen LogP contribution in [0.5, 0.6) is 5.75 Å². The van der Waals surface area contributed by atoms with Gasteiger partial charge in [0.05, 0.1) is 6.54 Å². The molecule has 3 aliphatic rings. The van der Waals surface area contributed by atoms with E-state index in [0.717, 1.165) is 0 Å². The standard InChI is InChI=1S/C46H64N8O10/c1-5-28(4)39(51-42(59)35-15-9-22-53(35)44(61)36-16-11-21-52(36)37(56)26-47)43(60)50-38(27(2)3)45(62)54-23-10-14-34(54)41(58)48-32(24-30-17-19-31(55)20-18-30)40(57)49-33(46(63)64)25-29-12-7-6-8-13-29/h6-8,12-13,17-20,27-28,32-36,38-39,55H,5,9-11,14-16,21-26,47H2,1-4H3,(H,48,58)(H,49,57)(H,50,60)(H,51,59)(H,63,64)/t28-,32-,33-,34-,35-,36-,38-,39-/m0/s1. The highest BCUT2D eigenvalue weighted by molar-refractivity contribution is 5.98. The van der Waals surface area contributed by atoms with Crippen molar-refractivity contribution < 1.29 is 48.6 Å². The van der Waals surface area contributed by atoms with Crippen LogP contribution in [0.3, 0.4) is 0 Å². The number of aromatic hydroxyl groups is 1. The van der Waals surface area contributed by atoms with E-state index in [4.69, 9.17) is 5.73 Å². The van der Waals surface area contributed by atoms with Crippen LogP contribution in [0.4, 0.5) is 0 Å². The molecule has 0 aliphatic carbocycles. The van der Waals surface area contributed by atoms with Crippen LogP contribution >= 0.6 is 0 Å². The first-order valence-electron chi connectivity index (χ1n) is 22.4. The molecular weight excluding hydrogens is 825 g/mol. The van der Waals surface area contributed by atoms with Crippen molar-refractivity contribution in [3.05, 3.63) is 65.7 Å². The number of nitrogens with two attached hydrogens (primary N) is 1. The molecule has 2 aromatic rings. The van der Waals surface area contributed by atoms with E-state index in [-0.39, 0.29) is 55.8 Å². The normalized spacial score (nSPS) is 20.8. The summed E-state index contributed by atoms with van der Waals surface area (Å²) in [6, 6.07) is 7.48. The highest BCUT2D eigenvalue weighted by Crippen LogP contribution is 2.26. The second-order valence-electron chi connectivity index (χ2n) is 17.5. The number of phenols is 1. The molecule has 3 heterocycles. The first-order chi connectivity index (χ1) is 30.5. The summed E-state index contributed by atoms with van der Waals surface area (Å²) in [5.74, 6) is -5.77. The summed E-state index contributed by atoms with van der Waals surface area (Å²) < 4.78 is 0. The number of likely N-dealkylation sites (tertiary alicyclic amines) is 3. The lowest BCUT2D eigenvalue weighted by Gasteiger charge is -2.34. The van der Waals surface area contributed by atoms with Crippen molar-refractivity contribution >= 4 is 47.3 Å². The van der Waals surface area contributed by atoms with Crippen molar-refractivity contribution in [2.24, 2.45) is 17.6 Å². The second-order valence-corrected chi connectivity index (χ2v) is 17.5. The molecule has 18 nitrogen and oxygen atoms in total. The van der Waals surface area contributed by atoms with Gasteiger partial charge in [0.25, 0.3) is 0 Å². The highest BCUT2D eigenvalue weighted by Gasteiger charge is 2.44. The van der Waals surface area contributed by atoms with Gasteiger partial charge in [0.2, 0.25) is 41.4 Å². The Morgan fingerprint density at radius 3 is 1.80 bits per heavy atom. The van der Waals surface area contributed by atoms with Gasteiger partial charge in [-0.25, -0.2) is 4.79 Å². The van der Waals surface area contributed by atoms with Gasteiger partial charge in [0.15, 0.2) is 0 Å². The van der Waals surface area contributed by atoms with Crippen LogP contribution in [-0.4, -0.2) is 141 Å². The second kappa shape index (κ2) is 22.5. The third-order valence-electron chi connectivity index (χ3n) is 12.6. The molecule has 0 spiro atoms. The lowest BCUT2D eigenvalue weighted by atomic mass is 9.95. The van der Waals surface area contributed by atoms with E-state index >= 15 is 0 Å². The van der Waals surface area contributed by atoms with Gasteiger partial charge in [-0.3, -0.25) is 33.6 Å². The number of carbonyl (C=O) groups is 8. The summed E-state index contributed by atoms with van der Waals surface area (Å²) in [5.41, 5.74) is 6.85. The van der Waals surface area contributed by atoms with Gasteiger partial charge >= 0.3 is 5.97 Å². The molecule has 0 radical (unpaired) electrons. The lowest BCUT2D eigenvalue weighted by Crippen LogP contribution is -2.61. The Morgan fingerprint density at radius 2 is 1.20 bits per heavy atom. The average molecular weight is 889 g/mol. The van der Waals surface area contributed by atoms with Crippen LogP contribution in [0.1, 0.15) is 83.8 Å². The van der Waals surface area contributed by atoms with Gasteiger partial charge in [-0.05, 0) is 73.6 Å². The minimum Gasteiger partial charge on any atom is -0.508 e. The third-order valence-corrected chi connectivity index (χ3v) is 12.6. The van der Waals surface area contributed by atoms with Crippen molar-refractivity contribution in [3.8, 4) is 5.75 Å². The van der Waals surface area contributed by atoms with Gasteiger partial charge in [0, 0.05) is 32.5 Å². The fourth-order valence-electron chi connectivity index (χ4n) is 8.79. The Labute approximate surface area is 374 Å². The lowest BCUT2D eigenvalue weighted by molar-refractivity contribution is -0.147. The van der Waals surface area contributed by atoms with E-state index in [1.807, 2.05) is 6.92 Å². The van der Waals surface area contributed by atoms with Gasteiger partial charge in [0.1, 0.15) is 48.0 Å². The summed E-state index contributed by atoms with van der Waals surface area (Å²) >= 11 is 0. The fraction of sp³-hybridized carbons (Fsp3) is 0.565. The predicted octanol–water partition coefficient (Wildman–Crippen LogP) is 0.835. The molecule has 0 aromatic heterocycles. The number of hydrogen-bond donors (Lipinski definition) is 7. The summed E-state index contributed by atoms with van der Waals surface area (Å²) in [7, 11) is 0. The number of nitrogens with zero attached hydrogens (tertiary/aromatic N) is 3. The van der Waals surface area contributed by atoms with Gasteiger partial charge < -0.3 is 51.9 Å². The zero-order valence-electron chi connectivity index (χ0n) is 37.2. The number of carboxylic acid groups (broad SMARTS) is 1. The molecule has 3 aliphatic heterocycles. The quantitative estimate of drug-likeness (QED) is 0.104. The number of phenolic OH excluding ortho intramolecular Hbond substituents is 1. The van der Waals surface area contributed by atoms with E-state index in [1.165, 1.54) is 26.8 Å². The molecule has 348 valence electrons. The number of hydrogen-bond acceptors (Lipinski definition) is 10. The Kier molecular flexibility index (Phi) is 17.3. The predicted molar refractivity (Wildman–Crippen MR) is 235 cm³/mol. The van der Waals surface area contributed by atoms with Crippen LogP contribution in [-0.2, 0) is 51.2 Å². The molecule has 7 amide bonds. The Morgan fingerprint density at radius 1 is 0.656 bits per heavy atom. The molecule has 8 N–H and O–H groups in total. The molecule has 3 saturated heterocycles. The zero-order valence-corrected chi connectivity index (χ0v) is 37.2. The van der Waals surface area contributed by atoms with Crippen LogP contribution < -0.4 is 27.0 Å². The number of nitrogens with one attached hydrogen (secondary N) is 4. The molecule has 3 fully saturated rings. The largest absolute Gasteiger partial charge is 0.508 e. The maximum absolute atomic E-state index is 14.4. The Balaban J connectivity index is 1.28. The Hall–Kier alpha value is -6.04. The van der Waals surface area contributed by atoms with E-state index in [0.29, 0.717) is 62.7 Å². The zero-order chi connectivity index (χ0) is 46.7. The van der Waals surface area contributed by atoms with Crippen molar-refractivity contribution in [1.29, 1.82) is 0 Å². The highest BCUT2D eigenvalue weighted by atomic mass is 16.4. The number of carbonyl (C=O) groups excluding carboxylic acids is 7. The molecule has 5 rings (SSSR count). The molecule has 2 aromatic carbocycles. The van der Waals surface area contributed by atoms with Crippen molar-refractivity contribution in [1.82, 2.24) is 36.0 Å². The number of aliphatic carboxylic acids is 1. The first kappa shape index (κ1) is 49.0. The van der Waals surface area contributed by atoms with Gasteiger partial charge in [-0.15, -0.1) is 0 Å². The number of amides is 7.